The first kappa shape index (κ1) is 9.19. The lowest BCUT2D eigenvalue weighted by atomic mass is 10.1. The maximum atomic E-state index is 8.88. The van der Waals surface area contributed by atoms with Crippen molar-refractivity contribution in [2.75, 3.05) is 0 Å². The van der Waals surface area contributed by atoms with E-state index in [0.29, 0.717) is 11.6 Å². The third-order valence-electron chi connectivity index (χ3n) is 1.64. The molecule has 0 saturated heterocycles. The van der Waals surface area contributed by atoms with Crippen LogP contribution < -0.4 is 0 Å². The zero-order valence-corrected chi connectivity index (χ0v) is 7.93. The molecule has 0 spiro atoms. The Balaban J connectivity index is 2.59. The van der Waals surface area contributed by atoms with Gasteiger partial charge in [0.1, 0.15) is 0 Å². The predicted molar refractivity (Wildman–Crippen MR) is 50.9 cm³/mol. The molecule has 0 aliphatic rings. The summed E-state index contributed by atoms with van der Waals surface area (Å²) in [6, 6.07) is 9.67. The number of hydrogen-bond acceptors (Lipinski definition) is 2. The fourth-order valence-electron chi connectivity index (χ4n) is 0.949. The van der Waals surface area contributed by atoms with Gasteiger partial charge in [-0.1, -0.05) is 36.9 Å². The smallest absolute Gasteiger partial charge is 0.346 e. The Bertz CT molecular complexity index is 256. The van der Waals surface area contributed by atoms with Gasteiger partial charge in [-0.25, -0.2) is 0 Å². The summed E-state index contributed by atoms with van der Waals surface area (Å²) in [4.78, 5) is 17.8. The SMILES string of the molecule is C=C(Cc1ccccc1)[SiH](O)O. The molecule has 1 aromatic carbocycles. The van der Waals surface area contributed by atoms with Crippen LogP contribution in [-0.2, 0) is 6.42 Å². The molecule has 0 saturated carbocycles. The summed E-state index contributed by atoms with van der Waals surface area (Å²) in [5.41, 5.74) is 1.07. The molecule has 1 aromatic rings. The van der Waals surface area contributed by atoms with Crippen LogP contribution in [0.3, 0.4) is 0 Å². The van der Waals surface area contributed by atoms with E-state index < -0.39 is 9.28 Å². The zero-order valence-electron chi connectivity index (χ0n) is 6.77. The number of hydrogen-bond donors (Lipinski definition) is 2. The first-order valence-electron chi connectivity index (χ1n) is 3.78. The molecule has 0 atom stereocenters. The van der Waals surface area contributed by atoms with E-state index in [1.165, 1.54) is 0 Å². The highest BCUT2D eigenvalue weighted by molar-refractivity contribution is 6.50. The third-order valence-corrected chi connectivity index (χ3v) is 2.57. The average Bonchev–Trinajstić information content (AvgIpc) is 2.06. The molecule has 0 amide bonds. The molecular weight excluding hydrogens is 168 g/mol. The van der Waals surface area contributed by atoms with Crippen molar-refractivity contribution in [2.45, 2.75) is 6.42 Å². The van der Waals surface area contributed by atoms with Crippen molar-refractivity contribution in [1.29, 1.82) is 0 Å². The molecule has 2 nitrogen and oxygen atoms in total. The first-order valence-corrected chi connectivity index (χ1v) is 5.39. The van der Waals surface area contributed by atoms with Crippen LogP contribution >= 0.6 is 0 Å². The van der Waals surface area contributed by atoms with Crippen molar-refractivity contribution in [1.82, 2.24) is 0 Å². The fourth-order valence-corrected chi connectivity index (χ4v) is 1.37. The lowest BCUT2D eigenvalue weighted by Gasteiger charge is -2.04. The van der Waals surface area contributed by atoms with Crippen LogP contribution in [0.2, 0.25) is 0 Å². The minimum Gasteiger partial charge on any atom is -0.410 e. The van der Waals surface area contributed by atoms with E-state index in [4.69, 9.17) is 9.59 Å². The van der Waals surface area contributed by atoms with E-state index in [1.807, 2.05) is 30.3 Å². The molecule has 12 heavy (non-hydrogen) atoms. The Labute approximate surface area is 73.6 Å². The second-order valence-corrected chi connectivity index (χ2v) is 4.26. The van der Waals surface area contributed by atoms with Gasteiger partial charge < -0.3 is 9.59 Å². The summed E-state index contributed by atoms with van der Waals surface area (Å²) < 4.78 is 0. The van der Waals surface area contributed by atoms with Crippen LogP contribution in [0.15, 0.2) is 42.1 Å². The molecule has 1 rings (SSSR count). The van der Waals surface area contributed by atoms with Crippen LogP contribution in [0, 0.1) is 0 Å². The Morgan fingerprint density at radius 3 is 2.33 bits per heavy atom. The van der Waals surface area contributed by atoms with Gasteiger partial charge in [0.15, 0.2) is 0 Å². The summed E-state index contributed by atoms with van der Waals surface area (Å²) in [6.45, 7) is 3.61. The largest absolute Gasteiger partial charge is 0.410 e. The topological polar surface area (TPSA) is 40.5 Å². The van der Waals surface area contributed by atoms with Crippen molar-refractivity contribution in [3.63, 3.8) is 0 Å². The number of rotatable bonds is 3. The maximum Gasteiger partial charge on any atom is 0.346 e. The highest BCUT2D eigenvalue weighted by atomic mass is 28.3. The van der Waals surface area contributed by atoms with Gasteiger partial charge in [0.05, 0.1) is 0 Å². The van der Waals surface area contributed by atoms with Crippen molar-refractivity contribution < 1.29 is 9.59 Å². The molecule has 64 valence electrons. The van der Waals surface area contributed by atoms with Crippen molar-refractivity contribution in [3.8, 4) is 0 Å². The molecule has 0 aliphatic carbocycles. The van der Waals surface area contributed by atoms with Crippen LogP contribution in [0.4, 0.5) is 0 Å². The highest BCUT2D eigenvalue weighted by Gasteiger charge is 2.07. The Morgan fingerprint density at radius 1 is 1.25 bits per heavy atom. The van der Waals surface area contributed by atoms with Crippen molar-refractivity contribution in [3.05, 3.63) is 47.7 Å². The highest BCUT2D eigenvalue weighted by Crippen LogP contribution is 2.06. The van der Waals surface area contributed by atoms with Crippen molar-refractivity contribution >= 4 is 9.28 Å². The van der Waals surface area contributed by atoms with Gasteiger partial charge in [0.2, 0.25) is 0 Å². The Hall–Kier alpha value is -0.903. The number of allylic oxidation sites excluding steroid dienone is 1. The van der Waals surface area contributed by atoms with Gasteiger partial charge >= 0.3 is 9.28 Å². The summed E-state index contributed by atoms with van der Waals surface area (Å²) in [5, 5.41) is 0.557. The molecule has 0 aliphatic heterocycles. The lowest BCUT2D eigenvalue weighted by Crippen LogP contribution is -2.16. The molecule has 0 aromatic heterocycles. The minimum atomic E-state index is -2.63. The zero-order chi connectivity index (χ0) is 8.97. The molecule has 0 unspecified atom stereocenters. The molecule has 0 heterocycles. The Kier molecular flexibility index (Phi) is 3.22. The minimum absolute atomic E-state index is 0.557. The fraction of sp³-hybridized carbons (Fsp3) is 0.111. The van der Waals surface area contributed by atoms with Gasteiger partial charge in [-0.15, -0.1) is 0 Å². The summed E-state index contributed by atoms with van der Waals surface area (Å²) >= 11 is 0. The maximum absolute atomic E-state index is 8.88. The van der Waals surface area contributed by atoms with Crippen LogP contribution in [0.5, 0.6) is 0 Å². The first-order chi connectivity index (χ1) is 5.70. The van der Waals surface area contributed by atoms with E-state index in [2.05, 4.69) is 6.58 Å². The second kappa shape index (κ2) is 4.20. The van der Waals surface area contributed by atoms with E-state index in [-0.39, 0.29) is 0 Å². The van der Waals surface area contributed by atoms with Gasteiger partial charge in [0, 0.05) is 0 Å². The summed E-state index contributed by atoms with van der Waals surface area (Å²) in [7, 11) is -2.63. The molecular formula is C9H12O2Si. The van der Waals surface area contributed by atoms with E-state index in [9.17, 15) is 0 Å². The van der Waals surface area contributed by atoms with Gasteiger partial charge in [-0.2, -0.15) is 0 Å². The summed E-state index contributed by atoms with van der Waals surface area (Å²) in [6.07, 6.45) is 0.574. The molecule has 0 radical (unpaired) electrons. The van der Waals surface area contributed by atoms with Crippen LogP contribution in [0.25, 0.3) is 0 Å². The summed E-state index contributed by atoms with van der Waals surface area (Å²) in [5.74, 6) is 0. The van der Waals surface area contributed by atoms with E-state index in [1.54, 1.807) is 0 Å². The van der Waals surface area contributed by atoms with E-state index >= 15 is 0 Å². The van der Waals surface area contributed by atoms with Gasteiger partial charge in [0.25, 0.3) is 0 Å². The Morgan fingerprint density at radius 2 is 1.83 bits per heavy atom. The standard InChI is InChI=1S/C9H12O2Si/c1-8(12(10)11)7-9-5-3-2-4-6-9/h2-6,10-12H,1,7H2. The quantitative estimate of drug-likeness (QED) is 0.666. The van der Waals surface area contributed by atoms with Gasteiger partial charge in [-0.05, 0) is 17.2 Å². The normalized spacial score (nSPS) is 10.2. The van der Waals surface area contributed by atoms with Crippen LogP contribution in [-0.4, -0.2) is 18.9 Å². The molecule has 0 bridgehead atoms. The molecule has 0 fully saturated rings. The van der Waals surface area contributed by atoms with Gasteiger partial charge in [-0.3, -0.25) is 0 Å². The number of benzene rings is 1. The van der Waals surface area contributed by atoms with Crippen molar-refractivity contribution in [2.24, 2.45) is 0 Å². The predicted octanol–water partition coefficient (Wildman–Crippen LogP) is 0.530. The van der Waals surface area contributed by atoms with E-state index in [0.717, 1.165) is 5.56 Å². The second-order valence-electron chi connectivity index (χ2n) is 2.69. The average molecular weight is 180 g/mol. The van der Waals surface area contributed by atoms with Crippen LogP contribution in [0.1, 0.15) is 5.56 Å². The molecule has 2 N–H and O–H groups in total. The molecule has 3 heteroatoms. The third kappa shape index (κ3) is 2.62. The lowest BCUT2D eigenvalue weighted by molar-refractivity contribution is 0.418. The monoisotopic (exact) mass is 180 g/mol.